The highest BCUT2D eigenvalue weighted by molar-refractivity contribution is 5.95. The summed E-state index contributed by atoms with van der Waals surface area (Å²) in [5, 5.41) is 5.37. The number of carbonyl (C=O) groups excluding carboxylic acids is 3. The first-order valence-electron chi connectivity index (χ1n) is 6.50. The monoisotopic (exact) mass is 275 g/mol. The van der Waals surface area contributed by atoms with Crippen molar-refractivity contribution in [1.29, 1.82) is 0 Å². The van der Waals surface area contributed by atoms with E-state index < -0.39 is 0 Å². The molecule has 3 amide bonds. The fourth-order valence-electron chi connectivity index (χ4n) is 2.09. The zero-order valence-electron chi connectivity index (χ0n) is 11.3. The molecule has 1 heterocycles. The summed E-state index contributed by atoms with van der Waals surface area (Å²) in [4.78, 5) is 35.7. The van der Waals surface area contributed by atoms with Gasteiger partial charge in [0, 0.05) is 31.3 Å². The van der Waals surface area contributed by atoms with Crippen LogP contribution in [0.25, 0.3) is 0 Å². The Hall–Kier alpha value is -2.37. The predicted octanol–water partition coefficient (Wildman–Crippen LogP) is 1.21. The second-order valence-electron chi connectivity index (χ2n) is 4.73. The first-order valence-corrected chi connectivity index (χ1v) is 6.50. The van der Waals surface area contributed by atoms with Gasteiger partial charge in [0.15, 0.2) is 0 Å². The average Bonchev–Trinajstić information content (AvgIpc) is 2.77. The van der Waals surface area contributed by atoms with Crippen LogP contribution in [0, 0.1) is 0 Å². The summed E-state index contributed by atoms with van der Waals surface area (Å²) in [6, 6.07) is 6.82. The molecule has 106 valence electrons. The van der Waals surface area contributed by atoms with Crippen molar-refractivity contribution in [3.63, 3.8) is 0 Å². The van der Waals surface area contributed by atoms with Gasteiger partial charge in [-0.25, -0.2) is 0 Å². The van der Waals surface area contributed by atoms with E-state index in [9.17, 15) is 14.4 Å². The summed E-state index contributed by atoms with van der Waals surface area (Å²) in [6.45, 7) is 2.17. The minimum atomic E-state index is -0.215. The van der Waals surface area contributed by atoms with E-state index >= 15 is 0 Å². The fourth-order valence-corrected chi connectivity index (χ4v) is 2.09. The molecule has 2 rings (SSSR count). The zero-order chi connectivity index (χ0) is 14.5. The van der Waals surface area contributed by atoms with E-state index in [1.165, 1.54) is 6.92 Å². The number of anilines is 2. The number of likely N-dealkylation sites (tertiary alicyclic amines) is 1. The van der Waals surface area contributed by atoms with Gasteiger partial charge in [-0.1, -0.05) is 0 Å². The number of nitrogens with zero attached hydrogens (tertiary/aromatic N) is 1. The highest BCUT2D eigenvalue weighted by Gasteiger charge is 2.22. The number of benzene rings is 1. The molecule has 1 aliphatic rings. The van der Waals surface area contributed by atoms with E-state index in [-0.39, 0.29) is 24.3 Å². The lowest BCUT2D eigenvalue weighted by molar-refractivity contribution is -0.131. The highest BCUT2D eigenvalue weighted by atomic mass is 16.2. The van der Waals surface area contributed by atoms with Crippen LogP contribution in [0.4, 0.5) is 11.4 Å². The minimum absolute atomic E-state index is 0.0288. The Morgan fingerprint density at radius 2 is 1.75 bits per heavy atom. The maximum absolute atomic E-state index is 11.8. The van der Waals surface area contributed by atoms with Crippen molar-refractivity contribution in [3.8, 4) is 0 Å². The van der Waals surface area contributed by atoms with E-state index in [1.54, 1.807) is 29.2 Å². The standard InChI is InChI=1S/C14H17N3O3/c1-10(18)15-11-4-6-12(7-5-11)16-13(19)9-17-8-2-3-14(17)20/h4-7H,2-3,8-9H2,1H3,(H,15,18)(H,16,19). The van der Waals surface area contributed by atoms with Crippen LogP contribution in [0.3, 0.4) is 0 Å². The third-order valence-electron chi connectivity index (χ3n) is 2.99. The molecule has 1 aromatic rings. The highest BCUT2D eigenvalue weighted by Crippen LogP contribution is 2.14. The van der Waals surface area contributed by atoms with Gasteiger partial charge in [0.25, 0.3) is 0 Å². The lowest BCUT2D eigenvalue weighted by Gasteiger charge is -2.15. The van der Waals surface area contributed by atoms with Crippen LogP contribution in [0.15, 0.2) is 24.3 Å². The van der Waals surface area contributed by atoms with Crippen LogP contribution in [0.2, 0.25) is 0 Å². The topological polar surface area (TPSA) is 78.5 Å². The third-order valence-corrected chi connectivity index (χ3v) is 2.99. The molecule has 6 heteroatoms. The molecule has 0 unspecified atom stereocenters. The van der Waals surface area contributed by atoms with Gasteiger partial charge >= 0.3 is 0 Å². The summed E-state index contributed by atoms with van der Waals surface area (Å²) in [6.07, 6.45) is 1.34. The van der Waals surface area contributed by atoms with Crippen molar-refractivity contribution in [2.45, 2.75) is 19.8 Å². The van der Waals surface area contributed by atoms with Crippen molar-refractivity contribution in [1.82, 2.24) is 4.90 Å². The number of hydrogen-bond donors (Lipinski definition) is 2. The Morgan fingerprint density at radius 3 is 2.25 bits per heavy atom. The van der Waals surface area contributed by atoms with Gasteiger partial charge in [-0.3, -0.25) is 14.4 Å². The van der Waals surface area contributed by atoms with Crippen LogP contribution >= 0.6 is 0 Å². The summed E-state index contributed by atoms with van der Waals surface area (Å²) < 4.78 is 0. The maximum Gasteiger partial charge on any atom is 0.243 e. The van der Waals surface area contributed by atoms with Crippen molar-refractivity contribution in [2.24, 2.45) is 0 Å². The predicted molar refractivity (Wildman–Crippen MR) is 75.2 cm³/mol. The lowest BCUT2D eigenvalue weighted by atomic mass is 10.2. The first-order chi connectivity index (χ1) is 9.54. The van der Waals surface area contributed by atoms with Gasteiger partial charge in [-0.2, -0.15) is 0 Å². The van der Waals surface area contributed by atoms with Crippen LogP contribution < -0.4 is 10.6 Å². The van der Waals surface area contributed by atoms with Crippen LogP contribution in [-0.4, -0.2) is 35.7 Å². The molecule has 0 radical (unpaired) electrons. The Balaban J connectivity index is 1.87. The lowest BCUT2D eigenvalue weighted by Crippen LogP contribution is -2.33. The number of carbonyl (C=O) groups is 3. The molecule has 6 nitrogen and oxygen atoms in total. The first kappa shape index (κ1) is 14.0. The van der Waals surface area contributed by atoms with E-state index in [1.807, 2.05) is 0 Å². The summed E-state index contributed by atoms with van der Waals surface area (Å²) >= 11 is 0. The van der Waals surface area contributed by atoms with E-state index in [0.29, 0.717) is 24.3 Å². The molecule has 0 spiro atoms. The Morgan fingerprint density at radius 1 is 1.15 bits per heavy atom. The van der Waals surface area contributed by atoms with E-state index in [0.717, 1.165) is 6.42 Å². The molecular formula is C14H17N3O3. The Kier molecular flexibility index (Phi) is 4.34. The second kappa shape index (κ2) is 6.18. The van der Waals surface area contributed by atoms with Gasteiger partial charge in [-0.05, 0) is 30.7 Å². The van der Waals surface area contributed by atoms with Crippen LogP contribution in [-0.2, 0) is 14.4 Å². The Bertz CT molecular complexity index is 525. The minimum Gasteiger partial charge on any atom is -0.333 e. The van der Waals surface area contributed by atoms with Crippen molar-refractivity contribution in [2.75, 3.05) is 23.7 Å². The van der Waals surface area contributed by atoms with Crippen molar-refractivity contribution in [3.05, 3.63) is 24.3 Å². The normalized spacial score (nSPS) is 14.2. The Labute approximate surface area is 117 Å². The van der Waals surface area contributed by atoms with Crippen molar-refractivity contribution < 1.29 is 14.4 Å². The molecule has 20 heavy (non-hydrogen) atoms. The van der Waals surface area contributed by atoms with Gasteiger partial charge in [0.2, 0.25) is 17.7 Å². The SMILES string of the molecule is CC(=O)Nc1ccc(NC(=O)CN2CCCC2=O)cc1. The van der Waals surface area contributed by atoms with Gasteiger partial charge in [0.05, 0.1) is 6.54 Å². The molecule has 1 aliphatic heterocycles. The molecule has 1 aromatic carbocycles. The fraction of sp³-hybridized carbons (Fsp3) is 0.357. The molecule has 1 saturated heterocycles. The number of rotatable bonds is 4. The number of amides is 3. The zero-order valence-corrected chi connectivity index (χ0v) is 11.3. The average molecular weight is 275 g/mol. The van der Waals surface area contributed by atoms with E-state index in [4.69, 9.17) is 0 Å². The molecule has 0 aliphatic carbocycles. The molecule has 0 saturated carbocycles. The summed E-state index contributed by atoms with van der Waals surface area (Å²) in [5.41, 5.74) is 1.31. The maximum atomic E-state index is 11.8. The van der Waals surface area contributed by atoms with Crippen molar-refractivity contribution >= 4 is 29.1 Å². The number of hydrogen-bond acceptors (Lipinski definition) is 3. The smallest absolute Gasteiger partial charge is 0.243 e. The summed E-state index contributed by atoms with van der Waals surface area (Å²) in [7, 11) is 0. The van der Waals surface area contributed by atoms with E-state index in [2.05, 4.69) is 10.6 Å². The largest absolute Gasteiger partial charge is 0.333 e. The van der Waals surface area contributed by atoms with Gasteiger partial charge in [0.1, 0.15) is 0 Å². The number of nitrogens with one attached hydrogen (secondary N) is 2. The molecule has 0 atom stereocenters. The molecule has 2 N–H and O–H groups in total. The quantitative estimate of drug-likeness (QED) is 0.866. The molecule has 0 bridgehead atoms. The van der Waals surface area contributed by atoms with Crippen LogP contribution in [0.5, 0.6) is 0 Å². The molecule has 0 aromatic heterocycles. The summed E-state index contributed by atoms with van der Waals surface area (Å²) in [5.74, 6) is -0.331. The molecule has 1 fully saturated rings. The second-order valence-corrected chi connectivity index (χ2v) is 4.73. The molecular weight excluding hydrogens is 258 g/mol. The van der Waals surface area contributed by atoms with Gasteiger partial charge < -0.3 is 15.5 Å². The third kappa shape index (κ3) is 3.81. The van der Waals surface area contributed by atoms with Crippen LogP contribution in [0.1, 0.15) is 19.8 Å². The van der Waals surface area contributed by atoms with Gasteiger partial charge in [-0.15, -0.1) is 0 Å².